The number of ether oxygens (including phenoxy) is 1. The maximum Gasteiger partial charge on any atom is 0.342 e. The van der Waals surface area contributed by atoms with Gasteiger partial charge in [0, 0.05) is 5.02 Å². The number of carbonyl (C=O) groups is 1. The van der Waals surface area contributed by atoms with E-state index < -0.39 is 0 Å². The average Bonchev–Trinajstić information content (AvgIpc) is 2.57. The Morgan fingerprint density at radius 3 is 2.48 bits per heavy atom. The molecule has 0 unspecified atom stereocenters. The van der Waals surface area contributed by atoms with Crippen molar-refractivity contribution < 1.29 is 9.53 Å². The lowest BCUT2D eigenvalue weighted by atomic mass is 10.0. The molecule has 2 rings (SSSR count). The zero-order valence-corrected chi connectivity index (χ0v) is 17.0. The lowest BCUT2D eigenvalue weighted by Crippen LogP contribution is -2.29. The molecule has 1 amide bonds. The summed E-state index contributed by atoms with van der Waals surface area (Å²) < 4.78 is 10.00. The Morgan fingerprint density at radius 1 is 1.22 bits per heavy atom. The van der Waals surface area contributed by atoms with Crippen LogP contribution in [0.1, 0.15) is 45.2 Å². The van der Waals surface area contributed by atoms with Gasteiger partial charge in [-0.3, -0.25) is 4.79 Å². The van der Waals surface area contributed by atoms with Crippen molar-refractivity contribution in [2.45, 2.75) is 45.8 Å². The van der Waals surface area contributed by atoms with Gasteiger partial charge in [0.2, 0.25) is 5.91 Å². The van der Waals surface area contributed by atoms with Crippen LogP contribution in [-0.2, 0) is 9.53 Å². The van der Waals surface area contributed by atoms with Gasteiger partial charge in [0.1, 0.15) is 0 Å². The molecule has 2 aromatic rings. The highest BCUT2D eigenvalue weighted by Crippen LogP contribution is 2.24. The van der Waals surface area contributed by atoms with Crippen molar-refractivity contribution in [2.24, 2.45) is 0 Å². The summed E-state index contributed by atoms with van der Waals surface area (Å²) in [7, 11) is 0. The van der Waals surface area contributed by atoms with Crippen LogP contribution in [0.4, 0.5) is 5.69 Å². The van der Waals surface area contributed by atoms with Crippen LogP contribution in [0.2, 0.25) is 5.02 Å². The summed E-state index contributed by atoms with van der Waals surface area (Å²) in [5.41, 5.74) is 2.62. The second-order valence-corrected chi connectivity index (χ2v) is 7.79. The van der Waals surface area contributed by atoms with Crippen molar-refractivity contribution >= 4 is 35.6 Å². The number of hydrogen-bond donors (Lipinski definition) is 1. The van der Waals surface area contributed by atoms with Crippen LogP contribution in [0, 0.1) is 0 Å². The fraction of sp³-hybridized carbons (Fsp3) is 0.318. The van der Waals surface area contributed by atoms with Gasteiger partial charge in [-0.15, -0.1) is 0 Å². The molecule has 0 aliphatic rings. The van der Waals surface area contributed by atoms with Gasteiger partial charge in [-0.2, -0.15) is 0 Å². The first kappa shape index (κ1) is 20.9. The van der Waals surface area contributed by atoms with E-state index in [1.807, 2.05) is 58.0 Å². The van der Waals surface area contributed by atoms with Gasteiger partial charge in [0.05, 0.1) is 34.9 Å². The third-order valence-electron chi connectivity index (χ3n) is 3.74. The fourth-order valence-corrected chi connectivity index (χ4v) is 3.03. The Hall–Kier alpha value is -2.39. The summed E-state index contributed by atoms with van der Waals surface area (Å²) in [5, 5.41) is 3.51. The molecule has 0 heterocycles. The van der Waals surface area contributed by atoms with Crippen LogP contribution in [0.25, 0.3) is 0 Å². The summed E-state index contributed by atoms with van der Waals surface area (Å²) in [6.07, 6.45) is 0.0532. The molecule has 1 atom stereocenters. The Bertz CT molecular complexity index is 850. The smallest absolute Gasteiger partial charge is 0.342 e. The number of anilines is 1. The molecule has 0 bridgehead atoms. The molecule has 2 aromatic carbocycles. The largest absolute Gasteiger partial charge is 0.372 e. The molecule has 0 saturated heterocycles. The second-order valence-electron chi connectivity index (χ2n) is 7.36. The van der Waals surface area contributed by atoms with Crippen LogP contribution in [0.3, 0.4) is 0 Å². The minimum absolute atomic E-state index is 0.133. The Balaban J connectivity index is 2.26. The number of carbonyl (C=O) groups excluding carboxylic acids is 1. The zero-order chi connectivity index (χ0) is 20.0. The first-order valence-electron chi connectivity index (χ1n) is 8.86. The number of amides is 1. The van der Waals surface area contributed by atoms with Gasteiger partial charge in [-0.05, 0) is 58.0 Å². The SMILES string of the molecule is C=[N+]=C(c1ccccc1)c1cc(Cl)ccc1NC(=O)C[C@@H](C)OC(C)(C)C. The number of nitrogens with zero attached hydrogens (tertiary/aromatic N) is 1. The van der Waals surface area contributed by atoms with Crippen molar-refractivity contribution in [3.05, 3.63) is 64.7 Å². The van der Waals surface area contributed by atoms with E-state index in [0.29, 0.717) is 16.4 Å². The molecular weight excluding hydrogens is 360 g/mol. The van der Waals surface area contributed by atoms with E-state index in [2.05, 4.69) is 16.7 Å². The van der Waals surface area contributed by atoms with E-state index in [-0.39, 0.29) is 24.0 Å². The van der Waals surface area contributed by atoms with Gasteiger partial charge in [-0.1, -0.05) is 34.5 Å². The Labute approximate surface area is 166 Å². The Kier molecular flexibility index (Phi) is 6.98. The monoisotopic (exact) mass is 385 g/mol. The maximum absolute atomic E-state index is 12.5. The molecule has 0 radical (unpaired) electrons. The summed E-state index contributed by atoms with van der Waals surface area (Å²) in [6.45, 7) is 11.5. The Morgan fingerprint density at radius 2 is 1.89 bits per heavy atom. The normalized spacial score (nSPS) is 12.2. The third kappa shape index (κ3) is 6.37. The van der Waals surface area contributed by atoms with Crippen molar-refractivity contribution in [1.29, 1.82) is 0 Å². The number of rotatable bonds is 6. The maximum atomic E-state index is 12.5. The minimum Gasteiger partial charge on any atom is -0.372 e. The van der Waals surface area contributed by atoms with Gasteiger partial charge in [0.15, 0.2) is 0 Å². The molecule has 27 heavy (non-hydrogen) atoms. The fourth-order valence-electron chi connectivity index (χ4n) is 2.86. The van der Waals surface area contributed by atoms with E-state index in [1.165, 1.54) is 0 Å². The van der Waals surface area contributed by atoms with Crippen molar-refractivity contribution in [1.82, 2.24) is 4.67 Å². The second kappa shape index (κ2) is 9.01. The first-order chi connectivity index (χ1) is 12.7. The lowest BCUT2D eigenvalue weighted by Gasteiger charge is -2.24. The van der Waals surface area contributed by atoms with E-state index in [9.17, 15) is 4.79 Å². The molecule has 0 saturated carbocycles. The van der Waals surface area contributed by atoms with Crippen LogP contribution in [0.15, 0.2) is 48.5 Å². The quantitative estimate of drug-likeness (QED) is 0.588. The zero-order valence-electron chi connectivity index (χ0n) is 16.3. The van der Waals surface area contributed by atoms with Crippen LogP contribution in [-0.4, -0.2) is 30.0 Å². The van der Waals surface area contributed by atoms with E-state index >= 15 is 0 Å². The molecule has 5 heteroatoms. The molecule has 142 valence electrons. The van der Waals surface area contributed by atoms with Crippen molar-refractivity contribution in [2.75, 3.05) is 5.32 Å². The number of halogens is 1. The molecule has 0 aromatic heterocycles. The predicted molar refractivity (Wildman–Crippen MR) is 114 cm³/mol. The third-order valence-corrected chi connectivity index (χ3v) is 3.98. The van der Waals surface area contributed by atoms with E-state index in [4.69, 9.17) is 16.3 Å². The highest BCUT2D eigenvalue weighted by atomic mass is 35.5. The van der Waals surface area contributed by atoms with E-state index in [0.717, 1.165) is 11.1 Å². The minimum atomic E-state index is -0.299. The predicted octanol–water partition coefficient (Wildman–Crippen LogP) is 4.48. The lowest BCUT2D eigenvalue weighted by molar-refractivity contribution is -0.121. The first-order valence-corrected chi connectivity index (χ1v) is 9.24. The summed E-state index contributed by atoms with van der Waals surface area (Å²) in [4.78, 5) is 12.5. The highest BCUT2D eigenvalue weighted by molar-refractivity contribution is 6.31. The standard InChI is InChI=1S/C22H25ClN2O2/c1-15(27-22(2,3)4)13-20(26)25-19-12-11-17(23)14-18(19)21(24-5)16-9-7-6-8-10-16/h6-12,14-15H,5,13H2,1-4H3/p+1/t15-/m1/s1. The summed E-state index contributed by atoms with van der Waals surface area (Å²) in [6, 6.07) is 15.0. The summed E-state index contributed by atoms with van der Waals surface area (Å²) in [5.74, 6) is -0.133. The van der Waals surface area contributed by atoms with Crippen molar-refractivity contribution in [3.8, 4) is 0 Å². The molecular formula is C22H26ClN2O2+. The molecule has 0 aliphatic carbocycles. The van der Waals surface area contributed by atoms with Crippen LogP contribution in [0.5, 0.6) is 0 Å². The van der Waals surface area contributed by atoms with Gasteiger partial charge in [0.25, 0.3) is 6.72 Å². The number of hydrogen-bond acceptors (Lipinski definition) is 2. The molecule has 4 nitrogen and oxygen atoms in total. The van der Waals surface area contributed by atoms with Crippen LogP contribution < -0.4 is 9.98 Å². The van der Waals surface area contributed by atoms with Crippen LogP contribution >= 0.6 is 11.6 Å². The van der Waals surface area contributed by atoms with Gasteiger partial charge >= 0.3 is 5.71 Å². The number of nitrogens with one attached hydrogen (secondary N) is 1. The molecule has 0 aliphatic heterocycles. The highest BCUT2D eigenvalue weighted by Gasteiger charge is 2.23. The molecule has 0 spiro atoms. The van der Waals surface area contributed by atoms with E-state index in [1.54, 1.807) is 18.2 Å². The van der Waals surface area contributed by atoms with Gasteiger partial charge in [-0.25, -0.2) is 0 Å². The number of benzene rings is 2. The van der Waals surface area contributed by atoms with Gasteiger partial charge < -0.3 is 10.1 Å². The average molecular weight is 386 g/mol. The molecule has 0 fully saturated rings. The summed E-state index contributed by atoms with van der Waals surface area (Å²) >= 11 is 6.19. The molecule has 1 N–H and O–H groups in total. The topological polar surface area (TPSA) is 52.4 Å². The van der Waals surface area contributed by atoms with Crippen molar-refractivity contribution in [3.63, 3.8) is 0 Å².